The highest BCUT2D eigenvalue weighted by molar-refractivity contribution is 7.89. The van der Waals surface area contributed by atoms with E-state index in [1.54, 1.807) is 32.0 Å². The first-order valence-electron chi connectivity index (χ1n) is 9.79. The van der Waals surface area contributed by atoms with E-state index in [1.807, 2.05) is 33.8 Å². The lowest BCUT2D eigenvalue weighted by Crippen LogP contribution is -2.30. The molecular formula is C22H30N2O4S. The second-order valence-electron chi connectivity index (χ2n) is 7.24. The Balaban J connectivity index is 2.48. The highest BCUT2D eigenvalue weighted by Gasteiger charge is 2.23. The number of benzene rings is 2. The van der Waals surface area contributed by atoms with Crippen molar-refractivity contribution >= 4 is 21.6 Å². The van der Waals surface area contributed by atoms with E-state index in [0.29, 0.717) is 30.1 Å². The van der Waals surface area contributed by atoms with Crippen LogP contribution in [0.3, 0.4) is 0 Å². The van der Waals surface area contributed by atoms with Crippen molar-refractivity contribution in [2.24, 2.45) is 0 Å². The molecule has 0 spiro atoms. The standard InChI is InChI=1S/C22H30N2O4S/c1-7-24(8-2)29(26,27)19-9-10-21(28-15(3)4)20(14-19)23-22(25)18-12-16(5)11-17(6)13-18/h9-15H,7-8H2,1-6H3,(H,23,25). The number of hydrogen-bond donors (Lipinski definition) is 1. The molecular weight excluding hydrogens is 388 g/mol. The van der Waals surface area contributed by atoms with Crippen molar-refractivity contribution in [2.45, 2.75) is 52.5 Å². The number of aryl methyl sites for hydroxylation is 2. The number of carbonyl (C=O) groups is 1. The molecule has 0 atom stereocenters. The van der Waals surface area contributed by atoms with Gasteiger partial charge in [-0.15, -0.1) is 0 Å². The summed E-state index contributed by atoms with van der Waals surface area (Å²) in [6.45, 7) is 11.9. The largest absolute Gasteiger partial charge is 0.489 e. The van der Waals surface area contributed by atoms with E-state index < -0.39 is 10.0 Å². The van der Waals surface area contributed by atoms with Crippen LogP contribution in [-0.2, 0) is 10.0 Å². The molecule has 7 heteroatoms. The maximum absolute atomic E-state index is 12.9. The molecule has 0 unspecified atom stereocenters. The van der Waals surface area contributed by atoms with Gasteiger partial charge in [-0.1, -0.05) is 31.0 Å². The molecule has 0 fully saturated rings. The Kier molecular flexibility index (Phi) is 7.43. The van der Waals surface area contributed by atoms with E-state index >= 15 is 0 Å². The molecule has 0 aliphatic heterocycles. The van der Waals surface area contributed by atoms with Gasteiger partial charge in [0.1, 0.15) is 5.75 Å². The minimum absolute atomic E-state index is 0.119. The average molecular weight is 419 g/mol. The first-order chi connectivity index (χ1) is 13.6. The minimum Gasteiger partial charge on any atom is -0.489 e. The summed E-state index contributed by atoms with van der Waals surface area (Å²) in [5.41, 5.74) is 2.80. The van der Waals surface area contributed by atoms with Crippen molar-refractivity contribution in [3.63, 3.8) is 0 Å². The van der Waals surface area contributed by atoms with Crippen LogP contribution in [0.4, 0.5) is 5.69 Å². The van der Waals surface area contributed by atoms with Crippen molar-refractivity contribution in [3.8, 4) is 5.75 Å². The zero-order valence-electron chi connectivity index (χ0n) is 17.9. The molecule has 0 aliphatic rings. The number of carbonyl (C=O) groups excluding carboxylic acids is 1. The van der Waals surface area contributed by atoms with Crippen LogP contribution in [-0.4, -0.2) is 37.8 Å². The molecule has 0 saturated carbocycles. The fourth-order valence-corrected chi connectivity index (χ4v) is 4.62. The van der Waals surface area contributed by atoms with Crippen LogP contribution < -0.4 is 10.1 Å². The molecule has 6 nitrogen and oxygen atoms in total. The Morgan fingerprint density at radius 3 is 2.14 bits per heavy atom. The van der Waals surface area contributed by atoms with Gasteiger partial charge in [-0.3, -0.25) is 4.79 Å². The van der Waals surface area contributed by atoms with Crippen molar-refractivity contribution in [3.05, 3.63) is 53.1 Å². The van der Waals surface area contributed by atoms with Crippen LogP contribution in [0.15, 0.2) is 41.3 Å². The number of nitrogens with zero attached hydrogens (tertiary/aromatic N) is 1. The third-order valence-corrected chi connectivity index (χ3v) is 6.43. The molecule has 2 aromatic rings. The van der Waals surface area contributed by atoms with E-state index in [9.17, 15) is 13.2 Å². The van der Waals surface area contributed by atoms with Crippen LogP contribution in [0, 0.1) is 13.8 Å². The minimum atomic E-state index is -3.66. The van der Waals surface area contributed by atoms with Gasteiger partial charge in [-0.25, -0.2) is 8.42 Å². The molecule has 158 valence electrons. The van der Waals surface area contributed by atoms with E-state index in [1.165, 1.54) is 16.4 Å². The summed E-state index contributed by atoms with van der Waals surface area (Å²) < 4.78 is 33.0. The van der Waals surface area contributed by atoms with Crippen molar-refractivity contribution < 1.29 is 17.9 Å². The van der Waals surface area contributed by atoms with Crippen molar-refractivity contribution in [1.82, 2.24) is 4.31 Å². The fraction of sp³-hybridized carbons (Fsp3) is 0.409. The van der Waals surface area contributed by atoms with Crippen molar-refractivity contribution in [1.29, 1.82) is 0 Å². The molecule has 0 radical (unpaired) electrons. The molecule has 1 N–H and O–H groups in total. The summed E-state index contributed by atoms with van der Waals surface area (Å²) in [6, 6.07) is 10.1. The molecule has 0 saturated heterocycles. The highest BCUT2D eigenvalue weighted by Crippen LogP contribution is 2.30. The number of amides is 1. The third-order valence-electron chi connectivity index (χ3n) is 4.39. The molecule has 0 bridgehead atoms. The Bertz CT molecular complexity index is 960. The number of hydrogen-bond acceptors (Lipinski definition) is 4. The zero-order valence-corrected chi connectivity index (χ0v) is 18.8. The molecule has 2 aromatic carbocycles. The summed E-state index contributed by atoms with van der Waals surface area (Å²) in [5, 5.41) is 2.83. The Labute approximate surface area is 173 Å². The van der Waals surface area contributed by atoms with Crippen LogP contribution in [0.2, 0.25) is 0 Å². The topological polar surface area (TPSA) is 75.7 Å². The number of ether oxygens (including phenoxy) is 1. The Hall–Kier alpha value is -2.38. The van der Waals surface area contributed by atoms with Gasteiger partial charge in [0.05, 0.1) is 16.7 Å². The fourth-order valence-electron chi connectivity index (χ4n) is 3.14. The summed E-state index contributed by atoms with van der Waals surface area (Å²) in [7, 11) is -3.66. The lowest BCUT2D eigenvalue weighted by Gasteiger charge is -2.20. The Morgan fingerprint density at radius 1 is 1.03 bits per heavy atom. The van der Waals surface area contributed by atoms with Gasteiger partial charge < -0.3 is 10.1 Å². The third kappa shape index (κ3) is 5.58. The van der Waals surface area contributed by atoms with Gasteiger partial charge in [-0.2, -0.15) is 4.31 Å². The average Bonchev–Trinajstić information content (AvgIpc) is 2.62. The lowest BCUT2D eigenvalue weighted by molar-refractivity contribution is 0.102. The molecule has 2 rings (SSSR count). The van der Waals surface area contributed by atoms with Gasteiger partial charge in [-0.05, 0) is 58.0 Å². The predicted molar refractivity (Wildman–Crippen MR) is 116 cm³/mol. The van der Waals surface area contributed by atoms with Gasteiger partial charge in [0.15, 0.2) is 0 Å². The maximum atomic E-state index is 12.9. The molecule has 1 amide bonds. The van der Waals surface area contributed by atoms with Crippen LogP contribution >= 0.6 is 0 Å². The summed E-state index contributed by atoms with van der Waals surface area (Å²) in [4.78, 5) is 13.0. The van der Waals surface area contributed by atoms with Crippen LogP contribution in [0.1, 0.15) is 49.2 Å². The Morgan fingerprint density at radius 2 is 1.62 bits per heavy atom. The van der Waals surface area contributed by atoms with Gasteiger partial charge in [0, 0.05) is 18.7 Å². The molecule has 29 heavy (non-hydrogen) atoms. The van der Waals surface area contributed by atoms with Gasteiger partial charge >= 0.3 is 0 Å². The van der Waals surface area contributed by atoms with Crippen molar-refractivity contribution in [2.75, 3.05) is 18.4 Å². The normalized spacial score (nSPS) is 11.7. The van der Waals surface area contributed by atoms with E-state index in [4.69, 9.17) is 4.74 Å². The van der Waals surface area contributed by atoms with E-state index in [0.717, 1.165) is 11.1 Å². The second kappa shape index (κ2) is 9.41. The summed E-state index contributed by atoms with van der Waals surface area (Å²) in [6.07, 6.45) is -0.128. The van der Waals surface area contributed by atoms with E-state index in [-0.39, 0.29) is 16.9 Å². The van der Waals surface area contributed by atoms with Crippen LogP contribution in [0.25, 0.3) is 0 Å². The monoisotopic (exact) mass is 418 g/mol. The molecule has 0 heterocycles. The predicted octanol–water partition coefficient (Wildman–Crippen LogP) is 4.37. The highest BCUT2D eigenvalue weighted by atomic mass is 32.2. The zero-order chi connectivity index (χ0) is 21.8. The summed E-state index contributed by atoms with van der Waals surface area (Å²) >= 11 is 0. The lowest BCUT2D eigenvalue weighted by atomic mass is 10.1. The maximum Gasteiger partial charge on any atom is 0.255 e. The molecule has 0 aromatic heterocycles. The van der Waals surface area contributed by atoms with Gasteiger partial charge in [0.25, 0.3) is 5.91 Å². The smallest absolute Gasteiger partial charge is 0.255 e. The number of nitrogens with one attached hydrogen (secondary N) is 1. The summed E-state index contributed by atoms with van der Waals surface area (Å²) in [5.74, 6) is 0.110. The first kappa shape index (κ1) is 22.9. The SMILES string of the molecule is CCN(CC)S(=O)(=O)c1ccc(OC(C)C)c(NC(=O)c2cc(C)cc(C)c2)c1. The van der Waals surface area contributed by atoms with Crippen LogP contribution in [0.5, 0.6) is 5.75 Å². The second-order valence-corrected chi connectivity index (χ2v) is 9.18. The number of anilines is 1. The molecule has 0 aliphatic carbocycles. The van der Waals surface area contributed by atoms with E-state index in [2.05, 4.69) is 5.32 Å². The first-order valence-corrected chi connectivity index (χ1v) is 11.2. The van der Waals surface area contributed by atoms with Gasteiger partial charge in [0.2, 0.25) is 10.0 Å². The number of rotatable bonds is 8. The number of sulfonamides is 1. The quantitative estimate of drug-likeness (QED) is 0.690.